The Hall–Kier alpha value is -5.26. The maximum atomic E-state index is 13.6. The lowest BCUT2D eigenvalue weighted by atomic mass is 10.1. The monoisotopic (exact) mass is 615 g/mol. The molecule has 3 aromatic carbocycles. The number of halogens is 4. The maximum absolute atomic E-state index is 13.6. The fourth-order valence-electron chi connectivity index (χ4n) is 3.70. The van der Waals surface area contributed by atoms with E-state index >= 15 is 0 Å². The SMILES string of the molecule is COc1cc(/C=C/C(=O)/C=C(O)/C=C/c2ccc(OC(C)(C)C(=O)Nc3ccc(F)c(C(F)(F)F)c3)c(OC)c2)ccc1O. The van der Waals surface area contributed by atoms with E-state index in [0.29, 0.717) is 23.3 Å². The zero-order valence-corrected chi connectivity index (χ0v) is 24.0. The van der Waals surface area contributed by atoms with Gasteiger partial charge in [-0.2, -0.15) is 13.2 Å². The summed E-state index contributed by atoms with van der Waals surface area (Å²) in [4.78, 5) is 25.1. The number of alkyl halides is 3. The highest BCUT2D eigenvalue weighted by atomic mass is 19.4. The summed E-state index contributed by atoms with van der Waals surface area (Å²) in [6.45, 7) is 2.77. The molecule has 3 aromatic rings. The van der Waals surface area contributed by atoms with E-state index in [9.17, 15) is 37.4 Å². The molecule has 1 amide bonds. The van der Waals surface area contributed by atoms with Crippen LogP contribution >= 0.6 is 0 Å². The number of carbonyl (C=O) groups excluding carboxylic acids is 2. The molecule has 232 valence electrons. The smallest absolute Gasteiger partial charge is 0.419 e. The van der Waals surface area contributed by atoms with Crippen molar-refractivity contribution in [1.82, 2.24) is 0 Å². The molecular weight excluding hydrogens is 586 g/mol. The molecular formula is C32H29F4NO7. The number of anilines is 1. The molecule has 0 bridgehead atoms. The molecule has 0 radical (unpaired) electrons. The Labute approximate surface area is 250 Å². The Morgan fingerprint density at radius 2 is 1.45 bits per heavy atom. The third-order valence-corrected chi connectivity index (χ3v) is 6.01. The summed E-state index contributed by atoms with van der Waals surface area (Å²) >= 11 is 0. The van der Waals surface area contributed by atoms with Crippen molar-refractivity contribution < 1.29 is 51.6 Å². The van der Waals surface area contributed by atoms with Crippen LogP contribution in [0.1, 0.15) is 30.5 Å². The largest absolute Gasteiger partial charge is 0.508 e. The van der Waals surface area contributed by atoms with Gasteiger partial charge in [0.2, 0.25) is 0 Å². The summed E-state index contributed by atoms with van der Waals surface area (Å²) in [7, 11) is 2.75. The summed E-state index contributed by atoms with van der Waals surface area (Å²) in [5.74, 6) is -2.59. The molecule has 0 spiro atoms. The molecule has 44 heavy (non-hydrogen) atoms. The van der Waals surface area contributed by atoms with Crippen molar-refractivity contribution in [1.29, 1.82) is 0 Å². The number of hydrogen-bond donors (Lipinski definition) is 3. The minimum atomic E-state index is -4.94. The average molecular weight is 616 g/mol. The minimum Gasteiger partial charge on any atom is -0.508 e. The summed E-state index contributed by atoms with van der Waals surface area (Å²) in [6.07, 6.45) is 1.55. The molecule has 0 atom stereocenters. The normalized spacial score (nSPS) is 12.4. The number of rotatable bonds is 11. The van der Waals surface area contributed by atoms with Gasteiger partial charge in [0.25, 0.3) is 5.91 Å². The van der Waals surface area contributed by atoms with Gasteiger partial charge in [-0.3, -0.25) is 9.59 Å². The maximum Gasteiger partial charge on any atom is 0.419 e. The number of aromatic hydroxyl groups is 1. The molecule has 3 N–H and O–H groups in total. The number of ether oxygens (including phenoxy) is 3. The number of carbonyl (C=O) groups is 2. The van der Waals surface area contributed by atoms with Crippen LogP contribution in [0.5, 0.6) is 23.0 Å². The number of aliphatic hydroxyl groups excluding tert-OH is 1. The summed E-state index contributed by atoms with van der Waals surface area (Å²) < 4.78 is 68.9. The molecule has 0 heterocycles. The highest BCUT2D eigenvalue weighted by Gasteiger charge is 2.35. The summed E-state index contributed by atoms with van der Waals surface area (Å²) in [5.41, 5.74) is -2.26. The van der Waals surface area contributed by atoms with Crippen LogP contribution in [0.15, 0.2) is 78.6 Å². The van der Waals surface area contributed by atoms with Gasteiger partial charge in [0.05, 0.1) is 19.8 Å². The van der Waals surface area contributed by atoms with E-state index in [2.05, 4.69) is 5.32 Å². The molecule has 0 saturated carbocycles. The van der Waals surface area contributed by atoms with E-state index in [0.717, 1.165) is 12.1 Å². The van der Waals surface area contributed by atoms with Gasteiger partial charge in [-0.15, -0.1) is 0 Å². The number of phenolic OH excluding ortho intramolecular Hbond substituents is 1. The molecule has 0 aliphatic carbocycles. The van der Waals surface area contributed by atoms with E-state index < -0.39 is 34.8 Å². The van der Waals surface area contributed by atoms with Crippen molar-refractivity contribution in [2.45, 2.75) is 25.6 Å². The lowest BCUT2D eigenvalue weighted by molar-refractivity contribution is -0.140. The van der Waals surface area contributed by atoms with Gasteiger partial charge in [0.1, 0.15) is 11.6 Å². The van der Waals surface area contributed by atoms with Crippen molar-refractivity contribution >= 4 is 29.5 Å². The fraction of sp³-hybridized carbons (Fsp3) is 0.188. The van der Waals surface area contributed by atoms with Crippen LogP contribution in [0.4, 0.5) is 23.2 Å². The van der Waals surface area contributed by atoms with Gasteiger partial charge in [-0.05, 0) is 79.6 Å². The first kappa shape index (κ1) is 33.2. The molecule has 0 fully saturated rings. The quantitative estimate of drug-likeness (QED) is 0.0913. The van der Waals surface area contributed by atoms with Gasteiger partial charge in [-0.1, -0.05) is 24.3 Å². The second-order valence-electron chi connectivity index (χ2n) is 9.74. The number of nitrogens with one attached hydrogen (secondary N) is 1. The fourth-order valence-corrected chi connectivity index (χ4v) is 3.70. The molecule has 8 nitrogen and oxygen atoms in total. The van der Waals surface area contributed by atoms with Gasteiger partial charge >= 0.3 is 6.18 Å². The van der Waals surface area contributed by atoms with Crippen LogP contribution < -0.4 is 19.5 Å². The molecule has 0 unspecified atom stereocenters. The number of allylic oxidation sites excluding steroid dienone is 3. The lowest BCUT2D eigenvalue weighted by Gasteiger charge is -2.26. The van der Waals surface area contributed by atoms with E-state index in [1.807, 2.05) is 0 Å². The van der Waals surface area contributed by atoms with Crippen LogP contribution in [0, 0.1) is 5.82 Å². The molecule has 0 saturated heterocycles. The lowest BCUT2D eigenvalue weighted by Crippen LogP contribution is -2.42. The number of hydrogen-bond acceptors (Lipinski definition) is 7. The second kappa shape index (κ2) is 13.8. The number of phenols is 1. The average Bonchev–Trinajstić information content (AvgIpc) is 2.96. The Balaban J connectivity index is 1.68. The topological polar surface area (TPSA) is 114 Å². The van der Waals surface area contributed by atoms with Gasteiger partial charge in [0.15, 0.2) is 34.4 Å². The third-order valence-electron chi connectivity index (χ3n) is 6.01. The number of ketones is 1. The Morgan fingerprint density at radius 1 is 0.841 bits per heavy atom. The van der Waals surface area contributed by atoms with Crippen molar-refractivity contribution in [3.63, 3.8) is 0 Å². The van der Waals surface area contributed by atoms with Crippen LogP contribution in [0.3, 0.4) is 0 Å². The summed E-state index contributed by atoms with van der Waals surface area (Å²) in [5, 5.41) is 22.1. The first-order chi connectivity index (χ1) is 20.6. The van der Waals surface area contributed by atoms with Gasteiger partial charge < -0.3 is 29.7 Å². The van der Waals surface area contributed by atoms with Crippen molar-refractivity contribution in [3.8, 4) is 23.0 Å². The predicted octanol–water partition coefficient (Wildman–Crippen LogP) is 7.10. The first-order valence-electron chi connectivity index (χ1n) is 12.9. The van der Waals surface area contributed by atoms with Crippen molar-refractivity contribution in [2.24, 2.45) is 0 Å². The number of aliphatic hydroxyl groups is 1. The number of amides is 1. The highest BCUT2D eigenvalue weighted by molar-refractivity contribution is 6.02. The van der Waals surface area contributed by atoms with Crippen LogP contribution in [-0.2, 0) is 15.8 Å². The van der Waals surface area contributed by atoms with E-state index in [1.54, 1.807) is 12.1 Å². The molecule has 12 heteroatoms. The van der Waals surface area contributed by atoms with Crippen LogP contribution in [-0.4, -0.2) is 41.7 Å². The van der Waals surface area contributed by atoms with Crippen molar-refractivity contribution in [3.05, 3.63) is 101 Å². The Kier molecular flexibility index (Phi) is 10.4. The zero-order chi connectivity index (χ0) is 32.7. The molecule has 3 rings (SSSR count). The van der Waals surface area contributed by atoms with Gasteiger partial charge in [-0.25, -0.2) is 4.39 Å². The number of methoxy groups -OCH3 is 2. The molecule has 0 aliphatic rings. The predicted molar refractivity (Wildman–Crippen MR) is 156 cm³/mol. The minimum absolute atomic E-state index is 0.0445. The molecule has 0 aliphatic heterocycles. The third kappa shape index (κ3) is 8.87. The van der Waals surface area contributed by atoms with Crippen LogP contribution in [0.2, 0.25) is 0 Å². The van der Waals surface area contributed by atoms with Crippen molar-refractivity contribution in [2.75, 3.05) is 19.5 Å². The van der Waals surface area contributed by atoms with E-state index in [4.69, 9.17) is 14.2 Å². The van der Waals surface area contributed by atoms with Gasteiger partial charge in [0, 0.05) is 11.8 Å². The zero-order valence-electron chi connectivity index (χ0n) is 24.0. The Bertz CT molecular complexity index is 1630. The molecule has 0 aromatic heterocycles. The van der Waals surface area contributed by atoms with Crippen LogP contribution in [0.25, 0.3) is 12.2 Å². The van der Waals surface area contributed by atoms with E-state index in [1.165, 1.54) is 76.6 Å². The second-order valence-corrected chi connectivity index (χ2v) is 9.74. The highest BCUT2D eigenvalue weighted by Crippen LogP contribution is 2.35. The standard InChI is InChI=1S/C32H29F4NO7/c1-31(2,30(41)37-21-9-12-25(33)24(17-21)32(34,35)36)44-27-14-8-20(16-29(27)43-4)6-11-23(39)18-22(38)10-5-19-7-13-26(40)28(15-19)42-3/h5-18,39-40H,1-4H3,(H,37,41)/b10-5+,11-6+,23-18-. The first-order valence-corrected chi connectivity index (χ1v) is 12.9. The Morgan fingerprint density at radius 3 is 2.09 bits per heavy atom. The number of benzene rings is 3. The summed E-state index contributed by atoms with van der Waals surface area (Å²) in [6, 6.07) is 11.2. The van der Waals surface area contributed by atoms with E-state index in [-0.39, 0.29) is 34.4 Å².